The number of halogens is 4. The van der Waals surface area contributed by atoms with Gasteiger partial charge in [0, 0.05) is 67.6 Å². The van der Waals surface area contributed by atoms with E-state index in [0.29, 0.717) is 0 Å². The summed E-state index contributed by atoms with van der Waals surface area (Å²) in [5.74, 6) is 0. The van der Waals surface area contributed by atoms with E-state index in [9.17, 15) is 0 Å². The Balaban J connectivity index is 0.00000185. The van der Waals surface area contributed by atoms with E-state index in [4.69, 9.17) is 23.2 Å². The SMILES string of the molecule is Clc1ccc2[nH]c3c[n+](CCCCCCCCCC[n+]4ccc5c(c4)[nH]c4ccc(Cl)cc45)ccc3c2c1.[Br-].[Br-]. The Labute approximate surface area is 266 Å². The summed E-state index contributed by atoms with van der Waals surface area (Å²) < 4.78 is 4.61. The maximum atomic E-state index is 6.19. The fourth-order valence-corrected chi connectivity index (χ4v) is 6.00. The summed E-state index contributed by atoms with van der Waals surface area (Å²) in [4.78, 5) is 7.04. The molecule has 0 unspecified atom stereocenters. The van der Waals surface area contributed by atoms with Gasteiger partial charge in [-0.3, -0.25) is 0 Å². The van der Waals surface area contributed by atoms with E-state index in [-0.39, 0.29) is 34.0 Å². The molecule has 0 aliphatic carbocycles. The molecule has 0 fully saturated rings. The molecule has 8 heteroatoms. The second kappa shape index (κ2) is 14.2. The molecule has 6 rings (SSSR count). The summed E-state index contributed by atoms with van der Waals surface area (Å²) in [5.41, 5.74) is 4.63. The van der Waals surface area contributed by atoms with Crippen LogP contribution in [0.1, 0.15) is 51.4 Å². The molecule has 2 aromatic carbocycles. The number of rotatable bonds is 11. The van der Waals surface area contributed by atoms with Gasteiger partial charge in [-0.2, -0.15) is 0 Å². The third kappa shape index (κ3) is 7.02. The molecule has 0 amide bonds. The van der Waals surface area contributed by atoms with Gasteiger partial charge >= 0.3 is 0 Å². The van der Waals surface area contributed by atoms with Gasteiger partial charge in [0.2, 0.25) is 0 Å². The molecule has 6 aromatic rings. The number of unbranched alkanes of at least 4 members (excludes halogenated alkanes) is 7. The Hall–Kier alpha value is -2.12. The van der Waals surface area contributed by atoms with Gasteiger partial charge in [0.15, 0.2) is 24.8 Å². The maximum absolute atomic E-state index is 6.19. The van der Waals surface area contributed by atoms with Crippen molar-refractivity contribution in [3.8, 4) is 0 Å². The van der Waals surface area contributed by atoms with Crippen LogP contribution in [0.3, 0.4) is 0 Å². The number of aromatic nitrogens is 4. The number of nitrogens with zero attached hydrogens (tertiary/aromatic N) is 2. The quantitative estimate of drug-likeness (QED) is 0.154. The lowest BCUT2D eigenvalue weighted by Gasteiger charge is -2.02. The van der Waals surface area contributed by atoms with Gasteiger partial charge in [-0.1, -0.05) is 48.9 Å². The minimum Gasteiger partial charge on any atom is -1.00 e. The largest absolute Gasteiger partial charge is 1.00 e. The average Bonchev–Trinajstić information content (AvgIpc) is 3.46. The number of benzene rings is 2. The molecular weight excluding hydrogens is 671 g/mol. The Morgan fingerprint density at radius 2 is 0.875 bits per heavy atom. The lowest BCUT2D eigenvalue weighted by Crippen LogP contribution is -3.00. The first kappa shape index (κ1) is 30.8. The predicted octanol–water partition coefficient (Wildman–Crippen LogP) is 2.67. The number of H-pyrrole nitrogens is 2. The Morgan fingerprint density at radius 3 is 1.30 bits per heavy atom. The summed E-state index contributed by atoms with van der Waals surface area (Å²) in [6.45, 7) is 2.13. The van der Waals surface area contributed by atoms with E-state index < -0.39 is 0 Å². The second-order valence-corrected chi connectivity index (χ2v) is 11.4. The minimum atomic E-state index is 0. The normalized spacial score (nSPS) is 11.3. The van der Waals surface area contributed by atoms with Crippen molar-refractivity contribution in [2.75, 3.05) is 0 Å². The first-order valence-electron chi connectivity index (χ1n) is 13.8. The van der Waals surface area contributed by atoms with Gasteiger partial charge in [0.05, 0.1) is 0 Å². The van der Waals surface area contributed by atoms with E-state index in [1.54, 1.807) is 0 Å². The zero-order valence-corrected chi connectivity index (χ0v) is 27.1. The van der Waals surface area contributed by atoms with Crippen LogP contribution in [0, 0.1) is 0 Å². The highest BCUT2D eigenvalue weighted by molar-refractivity contribution is 6.32. The minimum absolute atomic E-state index is 0. The van der Waals surface area contributed by atoms with E-state index in [2.05, 4.69) is 68.2 Å². The molecule has 0 bridgehead atoms. The summed E-state index contributed by atoms with van der Waals surface area (Å²) in [6.07, 6.45) is 19.2. The highest BCUT2D eigenvalue weighted by Crippen LogP contribution is 2.28. The van der Waals surface area contributed by atoms with E-state index in [0.717, 1.165) is 34.2 Å². The van der Waals surface area contributed by atoms with Crippen LogP contribution in [0.2, 0.25) is 10.0 Å². The molecule has 210 valence electrons. The predicted molar refractivity (Wildman–Crippen MR) is 159 cm³/mol. The third-order valence-corrected chi connectivity index (χ3v) is 8.17. The van der Waals surface area contributed by atoms with E-state index >= 15 is 0 Å². The second-order valence-electron chi connectivity index (χ2n) is 10.5. The topological polar surface area (TPSA) is 39.3 Å². The number of hydrogen-bond acceptors (Lipinski definition) is 0. The van der Waals surface area contributed by atoms with Gasteiger partial charge in [-0.05, 0) is 49.2 Å². The number of nitrogens with one attached hydrogen (secondary N) is 2. The summed E-state index contributed by atoms with van der Waals surface area (Å²) in [5, 5.41) is 6.42. The maximum Gasteiger partial charge on any atom is 0.193 e. The van der Waals surface area contributed by atoms with Crippen molar-refractivity contribution in [3.63, 3.8) is 0 Å². The zero-order valence-electron chi connectivity index (χ0n) is 22.4. The molecule has 4 heterocycles. The molecule has 0 saturated carbocycles. The smallest absolute Gasteiger partial charge is 0.193 e. The monoisotopic (exact) mass is 702 g/mol. The fraction of sp³-hybridized carbons (Fsp3) is 0.312. The Bertz CT molecular complexity index is 1600. The van der Waals surface area contributed by atoms with Crippen LogP contribution in [-0.2, 0) is 13.1 Å². The highest BCUT2D eigenvalue weighted by atomic mass is 79.9. The van der Waals surface area contributed by atoms with Crippen molar-refractivity contribution in [3.05, 3.63) is 83.4 Å². The molecule has 4 aromatic heterocycles. The first-order valence-corrected chi connectivity index (χ1v) is 14.6. The van der Waals surface area contributed by atoms with Crippen LogP contribution in [0.25, 0.3) is 43.6 Å². The van der Waals surface area contributed by atoms with E-state index in [1.807, 2.05) is 24.3 Å². The molecule has 0 radical (unpaired) electrons. The van der Waals surface area contributed by atoms with Crippen LogP contribution < -0.4 is 43.1 Å². The van der Waals surface area contributed by atoms with Gasteiger partial charge in [0.25, 0.3) is 0 Å². The van der Waals surface area contributed by atoms with Crippen molar-refractivity contribution in [2.45, 2.75) is 64.5 Å². The van der Waals surface area contributed by atoms with Crippen molar-refractivity contribution >= 4 is 66.8 Å². The summed E-state index contributed by atoms with van der Waals surface area (Å²) in [7, 11) is 0. The molecule has 40 heavy (non-hydrogen) atoms. The van der Waals surface area contributed by atoms with Crippen LogP contribution in [0.15, 0.2) is 73.3 Å². The third-order valence-electron chi connectivity index (χ3n) is 7.70. The molecular formula is C32H34Br2Cl2N4. The lowest BCUT2D eigenvalue weighted by molar-refractivity contribution is -0.696. The molecule has 0 atom stereocenters. The van der Waals surface area contributed by atoms with Crippen molar-refractivity contribution in [2.24, 2.45) is 0 Å². The highest BCUT2D eigenvalue weighted by Gasteiger charge is 2.11. The Morgan fingerprint density at radius 1 is 0.475 bits per heavy atom. The number of aromatic amines is 2. The van der Waals surface area contributed by atoms with Gasteiger partial charge in [0.1, 0.15) is 24.1 Å². The summed E-state index contributed by atoms with van der Waals surface area (Å²) in [6, 6.07) is 16.5. The molecule has 4 nitrogen and oxygen atoms in total. The van der Waals surface area contributed by atoms with Crippen LogP contribution in [0.4, 0.5) is 0 Å². The van der Waals surface area contributed by atoms with Gasteiger partial charge in [-0.15, -0.1) is 0 Å². The Kier molecular flexibility index (Phi) is 10.9. The lowest BCUT2D eigenvalue weighted by atomic mass is 10.1. The number of pyridine rings is 2. The van der Waals surface area contributed by atoms with Gasteiger partial charge in [-0.25, -0.2) is 9.13 Å². The van der Waals surface area contributed by atoms with Crippen molar-refractivity contribution < 1.29 is 43.1 Å². The molecule has 2 N–H and O–H groups in total. The van der Waals surface area contributed by atoms with Crippen molar-refractivity contribution in [1.29, 1.82) is 0 Å². The zero-order chi connectivity index (χ0) is 25.9. The first-order chi connectivity index (χ1) is 18.6. The number of hydrogen-bond donors (Lipinski definition) is 2. The molecule has 0 aliphatic rings. The average molecular weight is 705 g/mol. The van der Waals surface area contributed by atoms with E-state index in [1.165, 1.54) is 83.9 Å². The van der Waals surface area contributed by atoms with Crippen LogP contribution in [0.5, 0.6) is 0 Å². The molecule has 0 aliphatic heterocycles. The standard InChI is InChI=1S/C32H32Cl2N4.2BrH/c33-23-9-11-29-27(19-23)25-13-17-37(21-31(25)35-29)15-7-5-3-1-2-4-6-8-16-38-18-14-26-28-20-24(34)10-12-30(28)36-32(26)22-38;;/h9-14,17-22H,1-8,15-16H2;2*1H. The van der Waals surface area contributed by atoms with Crippen LogP contribution >= 0.6 is 23.2 Å². The number of fused-ring (bicyclic) bond motifs is 6. The fourth-order valence-electron chi connectivity index (χ4n) is 5.66. The molecule has 0 spiro atoms. The number of aryl methyl sites for hydroxylation is 2. The summed E-state index contributed by atoms with van der Waals surface area (Å²) >= 11 is 12.4. The van der Waals surface area contributed by atoms with Gasteiger partial charge < -0.3 is 43.9 Å². The molecule has 0 saturated heterocycles. The van der Waals surface area contributed by atoms with Crippen molar-refractivity contribution in [1.82, 2.24) is 9.97 Å². The van der Waals surface area contributed by atoms with Crippen LogP contribution in [-0.4, -0.2) is 9.97 Å².